The minimum atomic E-state index is -0.996. The van der Waals surface area contributed by atoms with E-state index < -0.39 is 22.0 Å². The molecule has 2 rings (SSSR count). The third-order valence-corrected chi connectivity index (χ3v) is 3.53. The Morgan fingerprint density at radius 3 is 2.38 bits per heavy atom. The summed E-state index contributed by atoms with van der Waals surface area (Å²) in [5.41, 5.74) is 0.0165. The predicted octanol–water partition coefficient (Wildman–Crippen LogP) is 2.40. The van der Waals surface area contributed by atoms with Crippen LogP contribution in [-0.2, 0) is 0 Å². The molecule has 0 atom stereocenters. The fourth-order valence-corrected chi connectivity index (χ4v) is 2.28. The van der Waals surface area contributed by atoms with E-state index in [0.717, 1.165) is 24.3 Å². The second-order valence-corrected chi connectivity index (χ2v) is 4.98. The van der Waals surface area contributed by atoms with Gasteiger partial charge in [0.25, 0.3) is 5.88 Å². The molecule has 2 N–H and O–H groups in total. The molecule has 0 aliphatic rings. The number of nitro groups is 1. The number of nitrogens with one attached hydrogen (secondary N) is 1. The first-order valence-corrected chi connectivity index (χ1v) is 7.47. The van der Waals surface area contributed by atoms with Crippen LogP contribution >= 0.6 is 0 Å². The molecule has 0 unspecified atom stereocenters. The summed E-state index contributed by atoms with van der Waals surface area (Å²) in [6.07, 6.45) is 3.16. The van der Waals surface area contributed by atoms with E-state index >= 15 is 0 Å². The van der Waals surface area contributed by atoms with Crippen molar-refractivity contribution in [1.29, 1.82) is 0 Å². The van der Waals surface area contributed by atoms with E-state index in [1.165, 1.54) is 6.08 Å². The smallest absolute Gasteiger partial charge is 0.395 e. The van der Waals surface area contributed by atoms with Crippen molar-refractivity contribution in [1.82, 2.24) is 9.97 Å². The zero-order valence-corrected chi connectivity index (χ0v) is 13.4. The molecule has 0 saturated carbocycles. The molecule has 24 heavy (non-hydrogen) atoms. The molecule has 8 heteroatoms. The van der Waals surface area contributed by atoms with Gasteiger partial charge in [-0.05, 0) is 37.6 Å². The molecule has 0 bridgehead atoms. The Balaban J connectivity index is 2.22. The Bertz CT molecular complexity index is 808. The number of rotatable bonds is 6. The van der Waals surface area contributed by atoms with Gasteiger partial charge in [-0.15, -0.1) is 0 Å². The van der Waals surface area contributed by atoms with Crippen molar-refractivity contribution in [3.63, 3.8) is 0 Å². The Labute approximate surface area is 138 Å². The second-order valence-electron chi connectivity index (χ2n) is 4.98. The Morgan fingerprint density at radius 1 is 1.25 bits per heavy atom. The van der Waals surface area contributed by atoms with Crippen LogP contribution in [0.1, 0.15) is 25.2 Å². The van der Waals surface area contributed by atoms with E-state index in [-0.39, 0.29) is 5.82 Å². The maximum atomic E-state index is 11.6. The summed E-state index contributed by atoms with van der Waals surface area (Å²) >= 11 is 0. The number of hydrogen-bond donors (Lipinski definition) is 2. The van der Waals surface area contributed by atoms with Crippen molar-refractivity contribution in [2.45, 2.75) is 13.8 Å². The summed E-state index contributed by atoms with van der Waals surface area (Å²) in [5.74, 6) is -0.865. The lowest BCUT2D eigenvalue weighted by Gasteiger charge is -2.20. The molecule has 0 aliphatic heterocycles. The maximum absolute atomic E-state index is 11.6. The van der Waals surface area contributed by atoms with Crippen LogP contribution in [-0.4, -0.2) is 33.1 Å². The van der Waals surface area contributed by atoms with Gasteiger partial charge in [0.15, 0.2) is 0 Å². The highest BCUT2D eigenvalue weighted by molar-refractivity contribution is 5.68. The SMILES string of the molecule is CCN(CC)c1ccc(C=Cc2nc(O)c([N+](=O)[O-])c(=O)[nH]2)cc1. The van der Waals surface area contributed by atoms with Gasteiger partial charge in [-0.3, -0.25) is 14.9 Å². The van der Waals surface area contributed by atoms with E-state index in [4.69, 9.17) is 0 Å². The largest absolute Gasteiger partial charge is 0.488 e. The van der Waals surface area contributed by atoms with Crippen LogP contribution in [0.25, 0.3) is 12.2 Å². The third-order valence-electron chi connectivity index (χ3n) is 3.53. The molecule has 2 aromatic rings. The van der Waals surface area contributed by atoms with E-state index in [2.05, 4.69) is 28.7 Å². The van der Waals surface area contributed by atoms with Crippen molar-refractivity contribution < 1.29 is 10.0 Å². The van der Waals surface area contributed by atoms with Crippen LogP contribution in [0.4, 0.5) is 11.4 Å². The van der Waals surface area contributed by atoms with Crippen LogP contribution in [0.15, 0.2) is 29.1 Å². The Morgan fingerprint density at radius 2 is 1.88 bits per heavy atom. The standard InChI is InChI=1S/C16H18N4O4/c1-3-19(4-2)12-8-5-11(6-9-12)7-10-13-17-15(21)14(20(23)24)16(22)18-13/h5-10H,3-4H2,1-2H3,(H2,17,18,21,22). The van der Waals surface area contributed by atoms with Crippen LogP contribution in [0, 0.1) is 10.1 Å². The highest BCUT2D eigenvalue weighted by Crippen LogP contribution is 2.18. The van der Waals surface area contributed by atoms with Crippen molar-refractivity contribution in [2.24, 2.45) is 0 Å². The van der Waals surface area contributed by atoms with E-state index in [1.807, 2.05) is 24.3 Å². The second kappa shape index (κ2) is 7.40. The van der Waals surface area contributed by atoms with Gasteiger partial charge in [0.05, 0.1) is 4.92 Å². The molecule has 0 spiro atoms. The van der Waals surface area contributed by atoms with Gasteiger partial charge in [0, 0.05) is 18.8 Å². The van der Waals surface area contributed by atoms with E-state index in [1.54, 1.807) is 6.08 Å². The minimum Gasteiger partial charge on any atom is -0.488 e. The summed E-state index contributed by atoms with van der Waals surface area (Å²) in [7, 11) is 0. The van der Waals surface area contributed by atoms with Crippen LogP contribution in [0.2, 0.25) is 0 Å². The topological polar surface area (TPSA) is 112 Å². The number of H-pyrrole nitrogens is 1. The predicted molar refractivity (Wildman–Crippen MR) is 92.1 cm³/mol. The number of aromatic hydroxyl groups is 1. The Kier molecular flexibility index (Phi) is 5.31. The van der Waals surface area contributed by atoms with Crippen molar-refractivity contribution in [2.75, 3.05) is 18.0 Å². The molecule has 0 saturated heterocycles. The molecular weight excluding hydrogens is 312 g/mol. The molecular formula is C16H18N4O4. The number of aromatic nitrogens is 2. The maximum Gasteiger partial charge on any atom is 0.395 e. The van der Waals surface area contributed by atoms with Crippen molar-refractivity contribution in [3.8, 4) is 5.88 Å². The van der Waals surface area contributed by atoms with E-state index in [9.17, 15) is 20.0 Å². The molecule has 1 aromatic heterocycles. The van der Waals surface area contributed by atoms with Crippen LogP contribution in [0.3, 0.4) is 0 Å². The average molecular weight is 330 g/mol. The van der Waals surface area contributed by atoms with Crippen LogP contribution in [0.5, 0.6) is 5.88 Å². The van der Waals surface area contributed by atoms with Gasteiger partial charge >= 0.3 is 11.2 Å². The third kappa shape index (κ3) is 3.78. The fourth-order valence-electron chi connectivity index (χ4n) is 2.28. The monoisotopic (exact) mass is 330 g/mol. The lowest BCUT2D eigenvalue weighted by atomic mass is 10.2. The van der Waals surface area contributed by atoms with Gasteiger partial charge < -0.3 is 15.0 Å². The molecule has 0 aliphatic carbocycles. The minimum absolute atomic E-state index is 0.0379. The highest BCUT2D eigenvalue weighted by atomic mass is 16.6. The Hall–Kier alpha value is -3.16. The summed E-state index contributed by atoms with van der Waals surface area (Å²) in [4.78, 5) is 29.3. The fraction of sp³-hybridized carbons (Fsp3) is 0.250. The summed E-state index contributed by atoms with van der Waals surface area (Å²) in [6.45, 7) is 6.00. The van der Waals surface area contributed by atoms with E-state index in [0.29, 0.717) is 0 Å². The molecule has 8 nitrogen and oxygen atoms in total. The lowest BCUT2D eigenvalue weighted by molar-refractivity contribution is -0.387. The van der Waals surface area contributed by atoms with Gasteiger partial charge in [-0.25, -0.2) is 0 Å². The molecule has 0 amide bonds. The molecule has 1 aromatic carbocycles. The van der Waals surface area contributed by atoms with Crippen molar-refractivity contribution in [3.05, 3.63) is 56.1 Å². The molecule has 1 heterocycles. The first-order valence-electron chi connectivity index (χ1n) is 7.47. The summed E-state index contributed by atoms with van der Waals surface area (Å²) < 4.78 is 0. The number of anilines is 1. The van der Waals surface area contributed by atoms with Gasteiger partial charge in [-0.1, -0.05) is 18.2 Å². The van der Waals surface area contributed by atoms with Gasteiger partial charge in [-0.2, -0.15) is 4.98 Å². The number of benzene rings is 1. The molecule has 0 radical (unpaired) electrons. The zero-order chi connectivity index (χ0) is 17.7. The number of aromatic amines is 1. The first kappa shape index (κ1) is 17.2. The lowest BCUT2D eigenvalue weighted by Crippen LogP contribution is -2.21. The van der Waals surface area contributed by atoms with Gasteiger partial charge in [0.2, 0.25) is 0 Å². The molecule has 0 fully saturated rings. The highest BCUT2D eigenvalue weighted by Gasteiger charge is 2.21. The molecule has 126 valence electrons. The number of hydrogen-bond acceptors (Lipinski definition) is 6. The normalized spacial score (nSPS) is 10.9. The van der Waals surface area contributed by atoms with Crippen molar-refractivity contribution >= 4 is 23.5 Å². The van der Waals surface area contributed by atoms with Crippen LogP contribution < -0.4 is 10.5 Å². The number of nitrogens with zero attached hydrogens (tertiary/aromatic N) is 3. The summed E-state index contributed by atoms with van der Waals surface area (Å²) in [6, 6.07) is 7.79. The first-order chi connectivity index (χ1) is 11.5. The quantitative estimate of drug-likeness (QED) is 0.621. The van der Waals surface area contributed by atoms with Gasteiger partial charge in [0.1, 0.15) is 5.82 Å². The summed E-state index contributed by atoms with van der Waals surface area (Å²) in [5, 5.41) is 20.1. The zero-order valence-electron chi connectivity index (χ0n) is 13.4. The average Bonchev–Trinajstić information content (AvgIpc) is 2.54.